The zero-order valence-corrected chi connectivity index (χ0v) is 15.3. The van der Waals surface area contributed by atoms with E-state index in [0.29, 0.717) is 18.2 Å². The van der Waals surface area contributed by atoms with Gasteiger partial charge in [0.1, 0.15) is 5.75 Å². The lowest BCUT2D eigenvalue weighted by Gasteiger charge is -2.19. The van der Waals surface area contributed by atoms with E-state index in [2.05, 4.69) is 68.1 Å². The minimum atomic E-state index is 0.0547. The van der Waals surface area contributed by atoms with Gasteiger partial charge in [-0.25, -0.2) is 0 Å². The van der Waals surface area contributed by atoms with Gasteiger partial charge in [0.2, 0.25) is 5.88 Å². The van der Waals surface area contributed by atoms with Crippen molar-refractivity contribution in [1.29, 1.82) is 0 Å². The quantitative estimate of drug-likeness (QED) is 0.788. The zero-order valence-electron chi connectivity index (χ0n) is 12.2. The second kappa shape index (κ2) is 6.85. The smallest absolute Gasteiger partial charge is 0.238 e. The van der Waals surface area contributed by atoms with E-state index in [9.17, 15) is 0 Å². The minimum absolute atomic E-state index is 0.0547. The first-order valence-corrected chi connectivity index (χ1v) is 8.13. The highest BCUT2D eigenvalue weighted by Gasteiger charge is 2.10. The van der Waals surface area contributed by atoms with Crippen LogP contribution in [0.4, 0.5) is 0 Å². The number of hydrogen-bond donors (Lipinski definition) is 1. The Morgan fingerprint density at radius 3 is 2.43 bits per heavy atom. The largest absolute Gasteiger partial charge is 0.436 e. The van der Waals surface area contributed by atoms with Crippen molar-refractivity contribution < 1.29 is 4.74 Å². The van der Waals surface area contributed by atoms with Gasteiger partial charge in [-0.3, -0.25) is 0 Å². The lowest BCUT2D eigenvalue weighted by Crippen LogP contribution is -2.35. The zero-order chi connectivity index (χ0) is 15.5. The first kappa shape index (κ1) is 16.4. The molecule has 0 saturated heterocycles. The van der Waals surface area contributed by atoms with E-state index in [1.807, 2.05) is 30.3 Å². The Bertz CT molecular complexity index is 609. The molecule has 4 nitrogen and oxygen atoms in total. The van der Waals surface area contributed by atoms with Crippen LogP contribution in [0.25, 0.3) is 0 Å². The normalized spacial score (nSPS) is 11.5. The van der Waals surface area contributed by atoms with E-state index >= 15 is 0 Å². The monoisotopic (exact) mass is 413 g/mol. The predicted molar refractivity (Wildman–Crippen MR) is 90.5 cm³/mol. The van der Waals surface area contributed by atoms with Crippen LogP contribution >= 0.6 is 31.9 Å². The van der Waals surface area contributed by atoms with E-state index in [-0.39, 0.29) is 5.54 Å². The average Bonchev–Trinajstić information content (AvgIpc) is 2.40. The molecule has 2 rings (SSSR count). The molecule has 0 aliphatic carbocycles. The number of aromatic nitrogens is 2. The average molecular weight is 415 g/mol. The van der Waals surface area contributed by atoms with Crippen molar-refractivity contribution in [3.8, 4) is 11.6 Å². The van der Waals surface area contributed by atoms with Gasteiger partial charge in [-0.1, -0.05) is 15.9 Å². The third-order valence-corrected chi connectivity index (χ3v) is 3.72. The van der Waals surface area contributed by atoms with Gasteiger partial charge in [-0.15, -0.1) is 5.10 Å². The molecule has 0 aliphatic rings. The highest BCUT2D eigenvalue weighted by Crippen LogP contribution is 2.31. The Morgan fingerprint density at radius 2 is 1.86 bits per heavy atom. The van der Waals surface area contributed by atoms with Crippen molar-refractivity contribution >= 4 is 31.9 Å². The number of rotatable bonds is 4. The number of nitrogens with one attached hydrogen (secondary N) is 1. The highest BCUT2D eigenvalue weighted by molar-refractivity contribution is 9.11. The molecule has 0 amide bonds. The molecule has 0 bridgehead atoms. The molecule has 1 N–H and O–H groups in total. The van der Waals surface area contributed by atoms with Crippen LogP contribution in [0.1, 0.15) is 26.5 Å². The molecule has 21 heavy (non-hydrogen) atoms. The molecular formula is C15H17Br2N3O. The van der Waals surface area contributed by atoms with Crippen LogP contribution in [0, 0.1) is 0 Å². The summed E-state index contributed by atoms with van der Waals surface area (Å²) in [5.74, 6) is 1.17. The molecule has 0 saturated carbocycles. The number of hydrogen-bond acceptors (Lipinski definition) is 4. The Morgan fingerprint density at radius 1 is 1.10 bits per heavy atom. The molecule has 1 aromatic heterocycles. The summed E-state index contributed by atoms with van der Waals surface area (Å²) in [5, 5.41) is 11.6. The molecule has 2 aromatic rings. The van der Waals surface area contributed by atoms with Crippen LogP contribution < -0.4 is 10.1 Å². The summed E-state index contributed by atoms with van der Waals surface area (Å²) >= 11 is 6.86. The summed E-state index contributed by atoms with van der Waals surface area (Å²) < 4.78 is 7.54. The molecule has 0 spiro atoms. The number of halogens is 2. The molecule has 1 heterocycles. The van der Waals surface area contributed by atoms with Crippen molar-refractivity contribution in [2.24, 2.45) is 0 Å². The Labute approximate surface area is 141 Å². The third-order valence-electron chi connectivity index (χ3n) is 2.60. The molecule has 6 heteroatoms. The van der Waals surface area contributed by atoms with Gasteiger partial charge in [0.25, 0.3) is 0 Å². The maximum Gasteiger partial charge on any atom is 0.238 e. The van der Waals surface area contributed by atoms with Crippen LogP contribution in [0.5, 0.6) is 11.6 Å². The van der Waals surface area contributed by atoms with Gasteiger partial charge in [0.05, 0.1) is 10.2 Å². The fourth-order valence-corrected chi connectivity index (χ4v) is 2.65. The van der Waals surface area contributed by atoms with Gasteiger partial charge in [0.15, 0.2) is 0 Å². The Hall–Kier alpha value is -0.980. The minimum Gasteiger partial charge on any atom is -0.436 e. The van der Waals surface area contributed by atoms with Gasteiger partial charge >= 0.3 is 0 Å². The molecule has 1 aromatic carbocycles. The maximum absolute atomic E-state index is 5.70. The Balaban J connectivity index is 2.02. The highest BCUT2D eigenvalue weighted by atomic mass is 79.9. The summed E-state index contributed by atoms with van der Waals surface area (Å²) in [7, 11) is 0. The topological polar surface area (TPSA) is 47.0 Å². The predicted octanol–water partition coefficient (Wildman–Crippen LogP) is 4.68. The van der Waals surface area contributed by atoms with E-state index in [4.69, 9.17) is 4.74 Å². The fourth-order valence-electron chi connectivity index (χ4n) is 1.52. The second-order valence-corrected chi connectivity index (χ2v) is 7.41. The van der Waals surface area contributed by atoms with E-state index in [1.54, 1.807) is 0 Å². The lowest BCUT2D eigenvalue weighted by atomic mass is 10.1. The summed E-state index contributed by atoms with van der Waals surface area (Å²) in [6, 6.07) is 9.43. The van der Waals surface area contributed by atoms with Crippen molar-refractivity contribution in [3.63, 3.8) is 0 Å². The van der Waals surface area contributed by atoms with Crippen LogP contribution in [0.15, 0.2) is 39.3 Å². The van der Waals surface area contributed by atoms with Gasteiger partial charge in [0, 0.05) is 22.6 Å². The van der Waals surface area contributed by atoms with Gasteiger partial charge in [-0.05, 0) is 61.0 Å². The molecular weight excluding hydrogens is 398 g/mol. The van der Waals surface area contributed by atoms with Gasteiger partial charge in [-0.2, -0.15) is 5.10 Å². The van der Waals surface area contributed by atoms with Gasteiger partial charge < -0.3 is 10.1 Å². The lowest BCUT2D eigenvalue weighted by molar-refractivity contribution is 0.416. The van der Waals surface area contributed by atoms with E-state index < -0.39 is 0 Å². The van der Waals surface area contributed by atoms with Crippen molar-refractivity contribution in [2.45, 2.75) is 32.9 Å². The standard InChI is InChI=1S/C15H17Br2N3O/c1-15(2,3)18-9-11-5-7-14(20-19-11)21-13-6-4-10(16)8-12(13)17/h4-8,18H,9H2,1-3H3. The molecule has 0 unspecified atom stereocenters. The first-order valence-electron chi connectivity index (χ1n) is 6.54. The molecule has 0 aliphatic heterocycles. The van der Waals surface area contributed by atoms with Crippen molar-refractivity contribution in [2.75, 3.05) is 0 Å². The first-order chi connectivity index (χ1) is 9.83. The molecule has 0 atom stereocenters. The van der Waals surface area contributed by atoms with Crippen LogP contribution in [0.2, 0.25) is 0 Å². The van der Waals surface area contributed by atoms with E-state index in [0.717, 1.165) is 14.6 Å². The molecule has 0 radical (unpaired) electrons. The SMILES string of the molecule is CC(C)(C)NCc1ccc(Oc2ccc(Br)cc2Br)nn1. The summed E-state index contributed by atoms with van der Waals surface area (Å²) in [6.07, 6.45) is 0. The second-order valence-electron chi connectivity index (χ2n) is 5.64. The Kier molecular flexibility index (Phi) is 5.35. The summed E-state index contributed by atoms with van der Waals surface area (Å²) in [5.41, 5.74) is 0.936. The number of benzene rings is 1. The maximum atomic E-state index is 5.70. The van der Waals surface area contributed by atoms with Crippen LogP contribution in [0.3, 0.4) is 0 Å². The third kappa shape index (κ3) is 5.37. The van der Waals surface area contributed by atoms with Crippen LogP contribution in [-0.2, 0) is 6.54 Å². The molecule has 0 fully saturated rings. The molecule has 112 valence electrons. The number of ether oxygens (including phenoxy) is 1. The van der Waals surface area contributed by atoms with Crippen molar-refractivity contribution in [1.82, 2.24) is 15.5 Å². The fraction of sp³-hybridized carbons (Fsp3) is 0.333. The number of nitrogens with zero attached hydrogens (tertiary/aromatic N) is 2. The summed E-state index contributed by atoms with van der Waals surface area (Å²) in [6.45, 7) is 7.02. The van der Waals surface area contributed by atoms with Crippen molar-refractivity contribution in [3.05, 3.63) is 45.0 Å². The van der Waals surface area contributed by atoms with E-state index in [1.165, 1.54) is 0 Å². The summed E-state index contributed by atoms with van der Waals surface area (Å²) in [4.78, 5) is 0. The van der Waals surface area contributed by atoms with Crippen LogP contribution in [-0.4, -0.2) is 15.7 Å².